The molecule has 5 heteroatoms. The predicted octanol–water partition coefficient (Wildman–Crippen LogP) is 1.12. The smallest absolute Gasteiger partial charge is 0.332 e. The number of urea groups is 1. The Bertz CT molecular complexity index is 241. The third-order valence-electron chi connectivity index (χ3n) is 2.58. The van der Waals surface area contributed by atoms with Crippen LogP contribution in [-0.2, 0) is 0 Å². The first-order chi connectivity index (χ1) is 7.18. The van der Waals surface area contributed by atoms with E-state index >= 15 is 0 Å². The van der Waals surface area contributed by atoms with Crippen molar-refractivity contribution >= 4 is 11.7 Å². The summed E-state index contributed by atoms with van der Waals surface area (Å²) in [7, 11) is 0. The number of amides is 2. The molecule has 1 aliphatic rings. The van der Waals surface area contributed by atoms with Crippen LogP contribution in [0.4, 0.5) is 4.79 Å². The van der Waals surface area contributed by atoms with Gasteiger partial charge in [-0.1, -0.05) is 6.42 Å². The van der Waals surface area contributed by atoms with Crippen LogP contribution < -0.4 is 11.2 Å². The van der Waals surface area contributed by atoms with Crippen LogP contribution in [0, 0.1) is 0 Å². The number of nitrogens with two attached hydrogens (primary N) is 1. The molecule has 0 aliphatic heterocycles. The van der Waals surface area contributed by atoms with E-state index in [0.29, 0.717) is 0 Å². The average molecular weight is 213 g/mol. The Hall–Kier alpha value is -1.10. The van der Waals surface area contributed by atoms with Crippen LogP contribution in [0.5, 0.6) is 0 Å². The lowest BCUT2D eigenvalue weighted by Crippen LogP contribution is -2.25. The van der Waals surface area contributed by atoms with E-state index in [-0.39, 0.29) is 6.10 Å². The molecule has 0 bridgehead atoms. The average Bonchev–Trinajstić information content (AvgIpc) is 2.27. The molecule has 0 heterocycles. The molecule has 1 rings (SSSR count). The number of aliphatic hydroxyl groups excluding tert-OH is 1. The van der Waals surface area contributed by atoms with Gasteiger partial charge in [-0.2, -0.15) is 5.10 Å². The number of aliphatic hydroxyl groups is 1. The maximum atomic E-state index is 10.5. The molecule has 5 nitrogen and oxygen atoms in total. The third kappa shape index (κ3) is 5.37. The molecule has 0 saturated heterocycles. The Morgan fingerprint density at radius 3 is 2.73 bits per heavy atom. The maximum absolute atomic E-state index is 10.5. The van der Waals surface area contributed by atoms with Gasteiger partial charge in [0.15, 0.2) is 0 Å². The van der Waals surface area contributed by atoms with Crippen LogP contribution in [0.25, 0.3) is 0 Å². The molecule has 1 fully saturated rings. The summed E-state index contributed by atoms with van der Waals surface area (Å²) in [6.45, 7) is 0. The second kappa shape index (κ2) is 6.40. The fourth-order valence-electron chi connectivity index (χ4n) is 1.77. The van der Waals surface area contributed by atoms with Gasteiger partial charge >= 0.3 is 6.03 Å². The summed E-state index contributed by atoms with van der Waals surface area (Å²) >= 11 is 0. The van der Waals surface area contributed by atoms with E-state index in [1.165, 1.54) is 0 Å². The van der Waals surface area contributed by atoms with Gasteiger partial charge in [-0.3, -0.25) is 0 Å². The van der Waals surface area contributed by atoms with E-state index < -0.39 is 6.03 Å². The van der Waals surface area contributed by atoms with Gasteiger partial charge in [0.1, 0.15) is 0 Å². The van der Waals surface area contributed by atoms with Crippen molar-refractivity contribution in [2.24, 2.45) is 10.8 Å². The van der Waals surface area contributed by atoms with E-state index in [2.05, 4.69) is 10.5 Å². The van der Waals surface area contributed by atoms with E-state index in [9.17, 15) is 9.90 Å². The summed E-state index contributed by atoms with van der Waals surface area (Å²) in [6, 6.07) is -0.623. The fraction of sp³-hybridized carbons (Fsp3) is 0.800. The van der Waals surface area contributed by atoms with Gasteiger partial charge in [0.2, 0.25) is 0 Å². The van der Waals surface area contributed by atoms with Gasteiger partial charge in [-0.05, 0) is 38.5 Å². The number of hydrogen-bond donors (Lipinski definition) is 3. The van der Waals surface area contributed by atoms with Gasteiger partial charge in [0, 0.05) is 5.71 Å². The largest absolute Gasteiger partial charge is 0.393 e. The van der Waals surface area contributed by atoms with Crippen LogP contribution in [0.15, 0.2) is 5.10 Å². The predicted molar refractivity (Wildman–Crippen MR) is 58.5 cm³/mol. The zero-order valence-electron chi connectivity index (χ0n) is 8.91. The highest BCUT2D eigenvalue weighted by Gasteiger charge is 2.09. The van der Waals surface area contributed by atoms with E-state index in [1.807, 2.05) is 0 Å². The highest BCUT2D eigenvalue weighted by molar-refractivity contribution is 5.85. The molecule has 0 aromatic heterocycles. The summed E-state index contributed by atoms with van der Waals surface area (Å²) in [6.07, 6.45) is 6.16. The Morgan fingerprint density at radius 1 is 1.33 bits per heavy atom. The van der Waals surface area contributed by atoms with Crippen LogP contribution in [0.3, 0.4) is 0 Å². The molecular weight excluding hydrogens is 194 g/mol. The highest BCUT2D eigenvalue weighted by Crippen LogP contribution is 2.15. The summed E-state index contributed by atoms with van der Waals surface area (Å²) in [5.74, 6) is 0. The van der Waals surface area contributed by atoms with Gasteiger partial charge in [-0.15, -0.1) is 0 Å². The summed E-state index contributed by atoms with van der Waals surface area (Å²) in [5, 5.41) is 13.5. The number of nitrogens with zero attached hydrogens (tertiary/aromatic N) is 1. The monoisotopic (exact) mass is 213 g/mol. The van der Waals surface area contributed by atoms with Crippen molar-refractivity contribution in [2.45, 2.75) is 51.0 Å². The van der Waals surface area contributed by atoms with Gasteiger partial charge in [0.05, 0.1) is 6.10 Å². The number of carbonyl (C=O) groups is 1. The number of primary amides is 1. The fourth-order valence-corrected chi connectivity index (χ4v) is 1.77. The van der Waals surface area contributed by atoms with Crippen LogP contribution in [0.1, 0.15) is 44.9 Å². The lowest BCUT2D eigenvalue weighted by molar-refractivity contribution is 0.150. The Kier molecular flexibility index (Phi) is 5.10. The van der Waals surface area contributed by atoms with Gasteiger partial charge < -0.3 is 10.8 Å². The molecule has 2 amide bonds. The first-order valence-corrected chi connectivity index (χ1v) is 5.47. The quantitative estimate of drug-likeness (QED) is 0.570. The normalized spacial score (nSPS) is 26.5. The molecule has 86 valence electrons. The van der Waals surface area contributed by atoms with Crippen molar-refractivity contribution in [2.75, 3.05) is 0 Å². The van der Waals surface area contributed by atoms with E-state index in [4.69, 9.17) is 5.73 Å². The Morgan fingerprint density at radius 2 is 2.00 bits per heavy atom. The third-order valence-corrected chi connectivity index (χ3v) is 2.58. The minimum absolute atomic E-state index is 0.173. The van der Waals surface area contributed by atoms with Gasteiger partial charge in [0.25, 0.3) is 0 Å². The van der Waals surface area contributed by atoms with Crippen molar-refractivity contribution < 1.29 is 9.90 Å². The second-order valence-corrected chi connectivity index (χ2v) is 3.95. The SMILES string of the molecule is NC(=O)N/N=C1/CCCC[C@H](O)CCC1. The first kappa shape index (κ1) is 12.0. The first-order valence-electron chi connectivity index (χ1n) is 5.47. The lowest BCUT2D eigenvalue weighted by atomic mass is 10.1. The van der Waals surface area contributed by atoms with Crippen LogP contribution >= 0.6 is 0 Å². The molecule has 1 saturated carbocycles. The van der Waals surface area contributed by atoms with Crippen LogP contribution in [-0.4, -0.2) is 23.0 Å². The number of hydrazone groups is 1. The lowest BCUT2D eigenvalue weighted by Gasteiger charge is -2.06. The molecule has 1 atom stereocenters. The van der Waals surface area contributed by atoms with Crippen LogP contribution in [0.2, 0.25) is 0 Å². The standard InChI is InChI=1S/C10H19N3O2/c11-10(15)13-12-8-4-1-2-6-9(14)7-3-5-8/h9,14H,1-7H2,(H3,11,13,15)/b12-8-/t9-/m0/s1. The molecule has 0 radical (unpaired) electrons. The van der Waals surface area contributed by atoms with Crippen molar-refractivity contribution in [1.82, 2.24) is 5.43 Å². The molecule has 0 unspecified atom stereocenters. The topological polar surface area (TPSA) is 87.7 Å². The molecular formula is C10H19N3O2. The van der Waals surface area contributed by atoms with Crippen molar-refractivity contribution in [3.63, 3.8) is 0 Å². The number of rotatable bonds is 1. The summed E-state index contributed by atoms with van der Waals surface area (Å²) < 4.78 is 0. The zero-order valence-corrected chi connectivity index (χ0v) is 8.91. The minimum Gasteiger partial charge on any atom is -0.393 e. The number of nitrogens with one attached hydrogen (secondary N) is 1. The maximum Gasteiger partial charge on any atom is 0.332 e. The van der Waals surface area contributed by atoms with Gasteiger partial charge in [-0.25, -0.2) is 10.2 Å². The highest BCUT2D eigenvalue weighted by atomic mass is 16.3. The molecule has 1 aliphatic carbocycles. The molecule has 0 aromatic rings. The van der Waals surface area contributed by atoms with E-state index in [0.717, 1.165) is 50.7 Å². The second-order valence-electron chi connectivity index (χ2n) is 3.95. The number of hydrogen-bond acceptors (Lipinski definition) is 3. The molecule has 15 heavy (non-hydrogen) atoms. The summed E-state index contributed by atoms with van der Waals surface area (Å²) in [5.41, 5.74) is 8.17. The molecule has 0 spiro atoms. The van der Waals surface area contributed by atoms with Crippen molar-refractivity contribution in [3.05, 3.63) is 0 Å². The molecule has 4 N–H and O–H groups in total. The number of carbonyl (C=O) groups excluding carboxylic acids is 1. The zero-order chi connectivity index (χ0) is 11.1. The van der Waals surface area contributed by atoms with Crippen molar-refractivity contribution in [1.29, 1.82) is 0 Å². The van der Waals surface area contributed by atoms with Crippen molar-refractivity contribution in [3.8, 4) is 0 Å². The Labute approximate surface area is 89.7 Å². The van der Waals surface area contributed by atoms with E-state index in [1.54, 1.807) is 0 Å². The summed E-state index contributed by atoms with van der Waals surface area (Å²) in [4.78, 5) is 10.5. The Balaban J connectivity index is 2.42. The molecule has 0 aromatic carbocycles. The minimum atomic E-state index is -0.623.